The first kappa shape index (κ1) is 20.5. The van der Waals surface area contributed by atoms with Gasteiger partial charge in [-0.1, -0.05) is 12.1 Å². The summed E-state index contributed by atoms with van der Waals surface area (Å²) in [5.74, 6) is -1.31. The zero-order valence-electron chi connectivity index (χ0n) is 16.5. The van der Waals surface area contributed by atoms with Crippen LogP contribution in [0, 0.1) is 34.3 Å². The van der Waals surface area contributed by atoms with Gasteiger partial charge in [0.15, 0.2) is 0 Å². The summed E-state index contributed by atoms with van der Waals surface area (Å²) in [7, 11) is 0. The van der Waals surface area contributed by atoms with E-state index in [1.165, 1.54) is 6.08 Å². The second-order valence-electron chi connectivity index (χ2n) is 6.77. The van der Waals surface area contributed by atoms with Gasteiger partial charge in [0.25, 0.3) is 0 Å². The Bertz CT molecular complexity index is 1420. The van der Waals surface area contributed by atoms with Crippen LogP contribution in [0.25, 0.3) is 28.1 Å². The van der Waals surface area contributed by atoms with E-state index in [4.69, 9.17) is 16.3 Å². The maximum Gasteiger partial charge on any atom is 0.229 e. The SMILES string of the molecule is N#C/C=C/c1cc(F)c(-c2cccc3c(N)nc(Nc4ccc(C#N)cc4)nc23)c(F)c1. The molecule has 0 fully saturated rings. The highest BCUT2D eigenvalue weighted by Gasteiger charge is 2.18. The predicted octanol–water partition coefficient (Wildman–Crippen LogP) is 5.31. The van der Waals surface area contributed by atoms with Gasteiger partial charge in [-0.25, -0.2) is 13.8 Å². The summed E-state index contributed by atoms with van der Waals surface area (Å²) in [6, 6.07) is 17.6. The summed E-state index contributed by atoms with van der Waals surface area (Å²) >= 11 is 0. The molecule has 3 N–H and O–H groups in total. The molecule has 0 unspecified atom stereocenters. The molecule has 1 heterocycles. The fourth-order valence-electron chi connectivity index (χ4n) is 3.27. The van der Waals surface area contributed by atoms with Crippen molar-refractivity contribution in [2.45, 2.75) is 0 Å². The van der Waals surface area contributed by atoms with Crippen LogP contribution in [0.5, 0.6) is 0 Å². The van der Waals surface area contributed by atoms with E-state index in [0.29, 0.717) is 16.6 Å². The molecule has 4 aromatic rings. The quantitative estimate of drug-likeness (QED) is 0.430. The molecule has 0 aliphatic rings. The first-order chi connectivity index (χ1) is 15.5. The van der Waals surface area contributed by atoms with E-state index in [2.05, 4.69) is 15.3 Å². The van der Waals surface area contributed by atoms with Gasteiger partial charge in [-0.15, -0.1) is 0 Å². The van der Waals surface area contributed by atoms with Crippen molar-refractivity contribution in [1.29, 1.82) is 10.5 Å². The Balaban J connectivity index is 1.83. The standard InChI is InChI=1S/C24H14F2N6/c25-19-11-15(3-2-10-27)12-20(26)21(19)17-4-1-5-18-22(17)31-24(32-23(18)29)30-16-8-6-14(13-28)7-9-16/h1-9,11-12H,(H3,29,30,31,32)/b3-2+. The van der Waals surface area contributed by atoms with Crippen molar-refractivity contribution in [3.05, 3.63) is 83.4 Å². The Labute approximate surface area is 181 Å². The van der Waals surface area contributed by atoms with Crippen molar-refractivity contribution in [3.63, 3.8) is 0 Å². The molecule has 0 saturated carbocycles. The van der Waals surface area contributed by atoms with Crippen LogP contribution in [0.4, 0.5) is 26.2 Å². The number of nitrogens with zero attached hydrogens (tertiary/aromatic N) is 4. The average Bonchev–Trinajstić information content (AvgIpc) is 2.78. The Morgan fingerprint density at radius 3 is 2.34 bits per heavy atom. The van der Waals surface area contributed by atoms with Gasteiger partial charge in [-0.05, 0) is 54.1 Å². The van der Waals surface area contributed by atoms with E-state index >= 15 is 0 Å². The summed E-state index contributed by atoms with van der Waals surface area (Å²) in [6.45, 7) is 0. The van der Waals surface area contributed by atoms with Gasteiger partial charge in [0.2, 0.25) is 5.95 Å². The van der Waals surface area contributed by atoms with E-state index in [0.717, 1.165) is 18.2 Å². The highest BCUT2D eigenvalue weighted by atomic mass is 19.1. The van der Waals surface area contributed by atoms with Crippen LogP contribution in [0.3, 0.4) is 0 Å². The monoisotopic (exact) mass is 424 g/mol. The van der Waals surface area contributed by atoms with E-state index < -0.39 is 11.6 Å². The summed E-state index contributed by atoms with van der Waals surface area (Å²) in [4.78, 5) is 8.68. The number of rotatable bonds is 4. The van der Waals surface area contributed by atoms with Crippen LogP contribution in [0.2, 0.25) is 0 Å². The van der Waals surface area contributed by atoms with Gasteiger partial charge < -0.3 is 11.1 Å². The first-order valence-corrected chi connectivity index (χ1v) is 9.39. The number of anilines is 3. The second kappa shape index (κ2) is 8.50. The summed E-state index contributed by atoms with van der Waals surface area (Å²) in [5, 5.41) is 21.0. The third-order valence-corrected chi connectivity index (χ3v) is 4.71. The summed E-state index contributed by atoms with van der Waals surface area (Å²) in [6.07, 6.45) is 2.46. The molecule has 0 aliphatic carbocycles. The van der Waals surface area contributed by atoms with Crippen molar-refractivity contribution in [1.82, 2.24) is 9.97 Å². The molecule has 8 heteroatoms. The third-order valence-electron chi connectivity index (χ3n) is 4.71. The van der Waals surface area contributed by atoms with Gasteiger partial charge in [0.1, 0.15) is 17.5 Å². The van der Waals surface area contributed by atoms with Gasteiger partial charge >= 0.3 is 0 Å². The van der Waals surface area contributed by atoms with Crippen molar-refractivity contribution < 1.29 is 8.78 Å². The van der Waals surface area contributed by atoms with E-state index in [1.807, 2.05) is 6.07 Å². The molecule has 0 spiro atoms. The smallest absolute Gasteiger partial charge is 0.229 e. The molecule has 6 nitrogen and oxygen atoms in total. The molecule has 0 saturated heterocycles. The number of benzene rings is 3. The Morgan fingerprint density at radius 1 is 0.969 bits per heavy atom. The molecule has 3 aromatic carbocycles. The first-order valence-electron chi connectivity index (χ1n) is 9.39. The molecule has 1 aromatic heterocycles. The summed E-state index contributed by atoms with van der Waals surface area (Å²) < 4.78 is 29.8. The molecule has 0 amide bonds. The van der Waals surface area contributed by atoms with E-state index in [-0.39, 0.29) is 34.0 Å². The number of nitrogens with one attached hydrogen (secondary N) is 1. The Kier molecular flexibility index (Phi) is 5.44. The maximum atomic E-state index is 14.9. The summed E-state index contributed by atoms with van der Waals surface area (Å²) in [5.41, 5.74) is 7.66. The van der Waals surface area contributed by atoms with Crippen LogP contribution in [-0.4, -0.2) is 9.97 Å². The molecule has 32 heavy (non-hydrogen) atoms. The predicted molar refractivity (Wildman–Crippen MR) is 118 cm³/mol. The number of hydrogen-bond donors (Lipinski definition) is 2. The molecule has 0 bridgehead atoms. The topological polar surface area (TPSA) is 111 Å². The minimum atomic E-state index is -0.797. The van der Waals surface area contributed by atoms with E-state index in [9.17, 15) is 8.78 Å². The highest BCUT2D eigenvalue weighted by Crippen LogP contribution is 2.34. The van der Waals surface area contributed by atoms with Crippen molar-refractivity contribution in [2.24, 2.45) is 0 Å². The largest absolute Gasteiger partial charge is 0.383 e. The molecule has 4 rings (SSSR count). The lowest BCUT2D eigenvalue weighted by Gasteiger charge is -2.12. The van der Waals surface area contributed by atoms with Crippen LogP contribution in [0.15, 0.2) is 60.7 Å². The number of aromatic nitrogens is 2. The van der Waals surface area contributed by atoms with Crippen LogP contribution in [-0.2, 0) is 0 Å². The Hall–Kier alpha value is -4.82. The zero-order chi connectivity index (χ0) is 22.7. The van der Waals surface area contributed by atoms with Gasteiger partial charge in [-0.2, -0.15) is 15.5 Å². The van der Waals surface area contributed by atoms with Crippen LogP contribution in [0.1, 0.15) is 11.1 Å². The molecule has 0 radical (unpaired) electrons. The maximum absolute atomic E-state index is 14.9. The molecular formula is C24H14F2N6. The average molecular weight is 424 g/mol. The lowest BCUT2D eigenvalue weighted by atomic mass is 9.99. The van der Waals surface area contributed by atoms with Crippen molar-refractivity contribution >= 4 is 34.4 Å². The van der Waals surface area contributed by atoms with Gasteiger partial charge in [-0.3, -0.25) is 0 Å². The minimum absolute atomic E-state index is 0.140. The third kappa shape index (κ3) is 3.93. The van der Waals surface area contributed by atoms with E-state index in [1.54, 1.807) is 48.5 Å². The normalized spacial score (nSPS) is 10.8. The van der Waals surface area contributed by atoms with Crippen LogP contribution >= 0.6 is 0 Å². The number of allylic oxidation sites excluding steroid dienone is 1. The minimum Gasteiger partial charge on any atom is -0.383 e. The molecular weight excluding hydrogens is 410 g/mol. The zero-order valence-corrected chi connectivity index (χ0v) is 16.5. The fraction of sp³-hybridized carbons (Fsp3) is 0. The lowest BCUT2D eigenvalue weighted by Crippen LogP contribution is -2.03. The second-order valence-corrected chi connectivity index (χ2v) is 6.77. The Morgan fingerprint density at radius 2 is 1.69 bits per heavy atom. The molecule has 0 atom stereocenters. The number of para-hydroxylation sites is 1. The van der Waals surface area contributed by atoms with Crippen molar-refractivity contribution in [3.8, 4) is 23.3 Å². The number of nitrogens with two attached hydrogens (primary N) is 1. The van der Waals surface area contributed by atoms with Crippen molar-refractivity contribution in [2.75, 3.05) is 11.1 Å². The number of nitrogen functional groups attached to an aromatic ring is 1. The number of hydrogen-bond acceptors (Lipinski definition) is 6. The fourth-order valence-corrected chi connectivity index (χ4v) is 3.27. The number of nitriles is 2. The highest BCUT2D eigenvalue weighted by molar-refractivity contribution is 5.99. The number of fused-ring (bicyclic) bond motifs is 1. The van der Waals surface area contributed by atoms with Gasteiger partial charge in [0, 0.05) is 22.7 Å². The number of halogens is 2. The molecule has 0 aliphatic heterocycles. The lowest BCUT2D eigenvalue weighted by molar-refractivity contribution is 0.589. The molecule has 154 valence electrons. The van der Waals surface area contributed by atoms with Crippen LogP contribution < -0.4 is 11.1 Å². The van der Waals surface area contributed by atoms with Gasteiger partial charge in [0.05, 0.1) is 28.8 Å².